The Morgan fingerprint density at radius 2 is 1.89 bits per heavy atom. The molecule has 2 aromatic carbocycles. The minimum atomic E-state index is -0.581. The third kappa shape index (κ3) is 4.34. The fraction of sp³-hybridized carbons (Fsp3) is 0.333. The third-order valence-corrected chi connectivity index (χ3v) is 5.09. The Balaban J connectivity index is 1.75. The van der Waals surface area contributed by atoms with Gasteiger partial charge in [0.25, 0.3) is 11.8 Å². The summed E-state index contributed by atoms with van der Waals surface area (Å²) in [6.07, 6.45) is 1.82. The molecule has 0 bridgehead atoms. The molecule has 2 amide bonds. The van der Waals surface area contributed by atoms with E-state index in [2.05, 4.69) is 5.32 Å². The smallest absolute Gasteiger partial charge is 0.258 e. The minimum Gasteiger partial charge on any atom is -0.339 e. The van der Waals surface area contributed by atoms with Crippen molar-refractivity contribution in [2.24, 2.45) is 11.7 Å². The maximum absolute atomic E-state index is 13.8. The van der Waals surface area contributed by atoms with Crippen molar-refractivity contribution in [2.75, 3.05) is 25.0 Å². The normalized spacial score (nSPS) is 14.9. The highest BCUT2D eigenvalue weighted by atomic mass is 19.1. The molecule has 5 nitrogen and oxygen atoms in total. The van der Waals surface area contributed by atoms with Gasteiger partial charge < -0.3 is 16.0 Å². The maximum atomic E-state index is 13.8. The van der Waals surface area contributed by atoms with Crippen molar-refractivity contribution < 1.29 is 14.0 Å². The molecular weight excluding hydrogens is 345 g/mol. The monoisotopic (exact) mass is 369 g/mol. The fourth-order valence-electron chi connectivity index (χ4n) is 3.28. The Kier molecular flexibility index (Phi) is 5.86. The summed E-state index contributed by atoms with van der Waals surface area (Å²) < 4.78 is 13.8. The molecule has 6 heteroatoms. The molecule has 3 rings (SSSR count). The number of halogens is 1. The summed E-state index contributed by atoms with van der Waals surface area (Å²) in [5, 5.41) is 2.72. The number of rotatable bonds is 4. The summed E-state index contributed by atoms with van der Waals surface area (Å²) in [6.45, 7) is 3.85. The van der Waals surface area contributed by atoms with E-state index in [0.29, 0.717) is 36.8 Å². The van der Waals surface area contributed by atoms with Crippen LogP contribution in [-0.2, 0) is 0 Å². The highest BCUT2D eigenvalue weighted by molar-refractivity contribution is 6.05. The largest absolute Gasteiger partial charge is 0.339 e. The van der Waals surface area contributed by atoms with Crippen molar-refractivity contribution in [3.8, 4) is 0 Å². The second-order valence-electron chi connectivity index (χ2n) is 6.93. The van der Waals surface area contributed by atoms with Gasteiger partial charge in [-0.15, -0.1) is 0 Å². The van der Waals surface area contributed by atoms with Gasteiger partial charge in [-0.2, -0.15) is 0 Å². The number of carbonyl (C=O) groups excluding carboxylic acids is 2. The molecule has 0 radical (unpaired) electrons. The predicted molar refractivity (Wildman–Crippen MR) is 103 cm³/mol. The molecule has 27 heavy (non-hydrogen) atoms. The van der Waals surface area contributed by atoms with Crippen LogP contribution in [0, 0.1) is 18.7 Å². The number of aryl methyl sites for hydroxylation is 1. The SMILES string of the molecule is Cc1ccc(C(=O)N2CCC(CN)CC2)cc1NC(=O)c1ccccc1F. The van der Waals surface area contributed by atoms with E-state index in [1.54, 1.807) is 24.3 Å². The number of nitrogens with two attached hydrogens (primary N) is 1. The lowest BCUT2D eigenvalue weighted by Gasteiger charge is -2.31. The summed E-state index contributed by atoms with van der Waals surface area (Å²) in [5.41, 5.74) is 7.50. The summed E-state index contributed by atoms with van der Waals surface area (Å²) in [5.74, 6) is -0.707. The molecule has 0 aromatic heterocycles. The highest BCUT2D eigenvalue weighted by Crippen LogP contribution is 2.22. The minimum absolute atomic E-state index is 0.0301. The summed E-state index contributed by atoms with van der Waals surface area (Å²) in [6, 6.07) is 11.0. The quantitative estimate of drug-likeness (QED) is 0.869. The van der Waals surface area contributed by atoms with E-state index in [4.69, 9.17) is 5.73 Å². The number of piperidine rings is 1. The van der Waals surface area contributed by atoms with Gasteiger partial charge in [0.2, 0.25) is 0 Å². The predicted octanol–water partition coefficient (Wildman–Crippen LogP) is 3.20. The highest BCUT2D eigenvalue weighted by Gasteiger charge is 2.23. The van der Waals surface area contributed by atoms with Crippen LogP contribution in [0.1, 0.15) is 39.1 Å². The van der Waals surface area contributed by atoms with Gasteiger partial charge in [0.15, 0.2) is 0 Å². The lowest BCUT2D eigenvalue weighted by atomic mass is 9.96. The second kappa shape index (κ2) is 8.31. The van der Waals surface area contributed by atoms with Crippen LogP contribution in [0.3, 0.4) is 0 Å². The topological polar surface area (TPSA) is 75.4 Å². The summed E-state index contributed by atoms with van der Waals surface area (Å²) in [7, 11) is 0. The first kappa shape index (κ1) is 19.0. The molecule has 1 heterocycles. The van der Waals surface area contributed by atoms with Crippen LogP contribution < -0.4 is 11.1 Å². The Morgan fingerprint density at radius 3 is 2.56 bits per heavy atom. The zero-order valence-electron chi connectivity index (χ0n) is 15.4. The van der Waals surface area contributed by atoms with Crippen molar-refractivity contribution in [2.45, 2.75) is 19.8 Å². The number of nitrogens with zero attached hydrogens (tertiary/aromatic N) is 1. The number of benzene rings is 2. The van der Waals surface area contributed by atoms with Crippen LogP contribution in [0.4, 0.5) is 10.1 Å². The molecule has 1 saturated heterocycles. The lowest BCUT2D eigenvalue weighted by molar-refractivity contribution is 0.0693. The molecule has 3 N–H and O–H groups in total. The average molecular weight is 369 g/mol. The van der Waals surface area contributed by atoms with Gasteiger partial charge in [-0.25, -0.2) is 4.39 Å². The Morgan fingerprint density at radius 1 is 1.19 bits per heavy atom. The van der Waals surface area contributed by atoms with Crippen LogP contribution in [0.25, 0.3) is 0 Å². The zero-order valence-corrected chi connectivity index (χ0v) is 15.4. The number of nitrogens with one attached hydrogen (secondary N) is 1. The van der Waals surface area contributed by atoms with Gasteiger partial charge in [0.05, 0.1) is 5.56 Å². The van der Waals surface area contributed by atoms with Crippen molar-refractivity contribution in [1.29, 1.82) is 0 Å². The van der Waals surface area contributed by atoms with Gasteiger partial charge in [0, 0.05) is 24.3 Å². The van der Waals surface area contributed by atoms with E-state index < -0.39 is 11.7 Å². The number of carbonyl (C=O) groups is 2. The first-order chi connectivity index (χ1) is 13.0. The van der Waals surface area contributed by atoms with Crippen molar-refractivity contribution in [3.05, 3.63) is 65.0 Å². The number of hydrogen-bond donors (Lipinski definition) is 2. The molecule has 1 fully saturated rings. The van der Waals surface area contributed by atoms with E-state index in [9.17, 15) is 14.0 Å². The molecule has 1 aliphatic rings. The van der Waals surface area contributed by atoms with Crippen LogP contribution in [-0.4, -0.2) is 36.3 Å². The van der Waals surface area contributed by atoms with Gasteiger partial charge in [-0.05, 0) is 62.1 Å². The van der Waals surface area contributed by atoms with E-state index in [-0.39, 0.29) is 11.5 Å². The number of amides is 2. The fourth-order valence-corrected chi connectivity index (χ4v) is 3.28. The van der Waals surface area contributed by atoms with Crippen molar-refractivity contribution in [1.82, 2.24) is 4.90 Å². The van der Waals surface area contributed by atoms with E-state index in [1.165, 1.54) is 18.2 Å². The van der Waals surface area contributed by atoms with Crippen LogP contribution in [0.15, 0.2) is 42.5 Å². The lowest BCUT2D eigenvalue weighted by Crippen LogP contribution is -2.40. The van der Waals surface area contributed by atoms with Gasteiger partial charge in [-0.1, -0.05) is 18.2 Å². The van der Waals surface area contributed by atoms with E-state index in [0.717, 1.165) is 18.4 Å². The maximum Gasteiger partial charge on any atom is 0.258 e. The number of anilines is 1. The summed E-state index contributed by atoms with van der Waals surface area (Å²) >= 11 is 0. The second-order valence-corrected chi connectivity index (χ2v) is 6.93. The van der Waals surface area contributed by atoms with Crippen molar-refractivity contribution >= 4 is 17.5 Å². The Hall–Kier alpha value is -2.73. The molecule has 0 spiro atoms. The standard InChI is InChI=1S/C21H24FN3O2/c1-14-6-7-16(21(27)25-10-8-15(13-23)9-11-25)12-19(14)24-20(26)17-4-2-3-5-18(17)22/h2-7,12,15H,8-11,13,23H2,1H3,(H,24,26). The molecule has 0 atom stereocenters. The number of likely N-dealkylation sites (tertiary alicyclic amines) is 1. The van der Waals surface area contributed by atoms with Crippen LogP contribution in [0.2, 0.25) is 0 Å². The molecule has 2 aromatic rings. The van der Waals surface area contributed by atoms with Crippen molar-refractivity contribution in [3.63, 3.8) is 0 Å². The summed E-state index contributed by atoms with van der Waals surface area (Å²) in [4.78, 5) is 27.0. The average Bonchev–Trinajstić information content (AvgIpc) is 2.69. The van der Waals surface area contributed by atoms with Gasteiger partial charge >= 0.3 is 0 Å². The molecule has 142 valence electrons. The third-order valence-electron chi connectivity index (χ3n) is 5.09. The van der Waals surface area contributed by atoms with E-state index in [1.807, 2.05) is 11.8 Å². The first-order valence-corrected chi connectivity index (χ1v) is 9.15. The van der Waals surface area contributed by atoms with E-state index >= 15 is 0 Å². The Bertz CT molecular complexity index is 845. The zero-order chi connectivity index (χ0) is 19.4. The van der Waals surface area contributed by atoms with Gasteiger partial charge in [0.1, 0.15) is 5.82 Å². The first-order valence-electron chi connectivity index (χ1n) is 9.15. The van der Waals surface area contributed by atoms with Crippen LogP contribution >= 0.6 is 0 Å². The number of hydrogen-bond acceptors (Lipinski definition) is 3. The molecule has 0 aliphatic carbocycles. The van der Waals surface area contributed by atoms with Crippen LogP contribution in [0.5, 0.6) is 0 Å². The molecular formula is C21H24FN3O2. The van der Waals surface area contributed by atoms with Gasteiger partial charge in [-0.3, -0.25) is 9.59 Å². The Labute approximate surface area is 158 Å². The molecule has 0 saturated carbocycles. The molecule has 1 aliphatic heterocycles. The molecule has 0 unspecified atom stereocenters.